The zero-order valence-corrected chi connectivity index (χ0v) is 19.7. The quantitative estimate of drug-likeness (QED) is 0.349. The molecule has 3 heterocycles. The number of thioether (sulfide) groups is 1. The average Bonchev–Trinajstić information content (AvgIpc) is 3.56. The second kappa shape index (κ2) is 8.84. The minimum atomic E-state index is 0.276. The van der Waals surface area contributed by atoms with Crippen LogP contribution in [0.1, 0.15) is 12.6 Å². The van der Waals surface area contributed by atoms with Gasteiger partial charge in [-0.05, 0) is 49.4 Å². The largest absolute Gasteiger partial charge is 0.454 e. The van der Waals surface area contributed by atoms with E-state index in [0.717, 1.165) is 62.3 Å². The van der Waals surface area contributed by atoms with Gasteiger partial charge in [0, 0.05) is 48.6 Å². The molecular weight excluding hydrogens is 442 g/mol. The van der Waals surface area contributed by atoms with Crippen molar-refractivity contribution in [2.24, 2.45) is 0 Å². The Morgan fingerprint density at radius 3 is 2.59 bits per heavy atom. The number of ether oxygens (including phenoxy) is 2. The third-order valence-electron chi connectivity index (χ3n) is 5.20. The molecule has 1 aliphatic heterocycles. The van der Waals surface area contributed by atoms with Crippen LogP contribution in [0.4, 0.5) is 5.69 Å². The van der Waals surface area contributed by atoms with E-state index in [9.17, 15) is 0 Å². The van der Waals surface area contributed by atoms with Gasteiger partial charge in [-0.1, -0.05) is 11.8 Å². The Balaban J connectivity index is 1.30. The van der Waals surface area contributed by atoms with Crippen molar-refractivity contribution in [3.8, 4) is 33.5 Å². The Kier molecular flexibility index (Phi) is 5.75. The molecule has 0 atom stereocenters. The van der Waals surface area contributed by atoms with Gasteiger partial charge in [0.25, 0.3) is 0 Å². The first kappa shape index (κ1) is 20.8. The van der Waals surface area contributed by atoms with Crippen molar-refractivity contribution in [1.82, 2.24) is 19.7 Å². The highest BCUT2D eigenvalue weighted by atomic mass is 32.2. The van der Waals surface area contributed by atoms with Gasteiger partial charge in [0.05, 0.1) is 5.69 Å². The number of nitrogens with zero attached hydrogens (tertiary/aromatic N) is 5. The van der Waals surface area contributed by atoms with Gasteiger partial charge in [-0.3, -0.25) is 0 Å². The molecule has 0 saturated carbocycles. The summed E-state index contributed by atoms with van der Waals surface area (Å²) in [4.78, 5) is 6.89. The summed E-state index contributed by atoms with van der Waals surface area (Å²) >= 11 is 3.29. The minimum Gasteiger partial charge on any atom is -0.454 e. The van der Waals surface area contributed by atoms with Gasteiger partial charge >= 0.3 is 0 Å². The van der Waals surface area contributed by atoms with Crippen molar-refractivity contribution in [2.75, 3.05) is 25.8 Å². The summed E-state index contributed by atoms with van der Waals surface area (Å²) in [6, 6.07) is 14.3. The van der Waals surface area contributed by atoms with Crippen LogP contribution in [0.15, 0.2) is 53.0 Å². The van der Waals surface area contributed by atoms with E-state index in [0.29, 0.717) is 0 Å². The number of thiazole rings is 1. The molecular formula is C23H23N5O2S2. The molecule has 4 aromatic rings. The Labute approximate surface area is 195 Å². The summed E-state index contributed by atoms with van der Waals surface area (Å²) < 4.78 is 13.0. The summed E-state index contributed by atoms with van der Waals surface area (Å²) in [5.41, 5.74) is 4.29. The fourth-order valence-electron chi connectivity index (χ4n) is 3.48. The van der Waals surface area contributed by atoms with Gasteiger partial charge in [-0.25, -0.2) is 4.98 Å². The first-order chi connectivity index (χ1) is 15.6. The van der Waals surface area contributed by atoms with Gasteiger partial charge in [-0.15, -0.1) is 21.5 Å². The maximum absolute atomic E-state index is 5.49. The van der Waals surface area contributed by atoms with Crippen LogP contribution in [-0.4, -0.2) is 40.6 Å². The Hall–Kier alpha value is -3.04. The third-order valence-corrected chi connectivity index (χ3v) is 7.14. The highest BCUT2D eigenvalue weighted by Crippen LogP contribution is 2.37. The first-order valence-corrected chi connectivity index (χ1v) is 12.2. The van der Waals surface area contributed by atoms with Gasteiger partial charge in [0.2, 0.25) is 6.79 Å². The van der Waals surface area contributed by atoms with Gasteiger partial charge in [0.15, 0.2) is 22.5 Å². The van der Waals surface area contributed by atoms with Crippen molar-refractivity contribution in [1.29, 1.82) is 0 Å². The predicted molar refractivity (Wildman–Crippen MR) is 129 cm³/mol. The number of fused-ring (bicyclic) bond motifs is 1. The zero-order valence-electron chi connectivity index (χ0n) is 18.1. The number of aromatic nitrogens is 4. The zero-order chi connectivity index (χ0) is 22.1. The van der Waals surface area contributed by atoms with Crippen LogP contribution in [0.2, 0.25) is 0 Å². The molecule has 164 valence electrons. The predicted octanol–water partition coefficient (Wildman–Crippen LogP) is 5.18. The molecule has 0 N–H and O–H groups in total. The average molecular weight is 466 g/mol. The minimum absolute atomic E-state index is 0.276. The van der Waals surface area contributed by atoms with E-state index in [2.05, 4.69) is 56.2 Å². The smallest absolute Gasteiger partial charge is 0.231 e. The van der Waals surface area contributed by atoms with E-state index in [4.69, 9.17) is 14.5 Å². The maximum atomic E-state index is 5.49. The van der Waals surface area contributed by atoms with E-state index in [1.54, 1.807) is 23.1 Å². The highest BCUT2D eigenvalue weighted by Gasteiger charge is 2.17. The van der Waals surface area contributed by atoms with Crippen LogP contribution in [0.25, 0.3) is 22.0 Å². The molecule has 9 heteroatoms. The molecule has 2 aromatic heterocycles. The first-order valence-electron chi connectivity index (χ1n) is 10.3. The molecule has 1 aliphatic rings. The highest BCUT2D eigenvalue weighted by molar-refractivity contribution is 7.98. The second-order valence-corrected chi connectivity index (χ2v) is 9.29. The Morgan fingerprint density at radius 1 is 1.03 bits per heavy atom. The summed E-state index contributed by atoms with van der Waals surface area (Å²) in [7, 11) is 4.07. The van der Waals surface area contributed by atoms with Crippen LogP contribution >= 0.6 is 23.1 Å². The number of benzene rings is 2. The fourth-order valence-corrected chi connectivity index (χ4v) is 5.29. The van der Waals surface area contributed by atoms with Gasteiger partial charge < -0.3 is 18.9 Å². The fraction of sp³-hybridized carbons (Fsp3) is 0.261. The monoisotopic (exact) mass is 465 g/mol. The topological polar surface area (TPSA) is 65.3 Å². The van der Waals surface area contributed by atoms with Gasteiger partial charge in [0.1, 0.15) is 5.01 Å². The Morgan fingerprint density at radius 2 is 1.81 bits per heavy atom. The molecule has 0 radical (unpaired) electrons. The lowest BCUT2D eigenvalue weighted by atomic mass is 10.2. The van der Waals surface area contributed by atoms with Gasteiger partial charge in [-0.2, -0.15) is 0 Å². The summed E-state index contributed by atoms with van der Waals surface area (Å²) in [5, 5.41) is 12.9. The molecule has 0 amide bonds. The lowest BCUT2D eigenvalue weighted by Crippen LogP contribution is -2.08. The molecule has 0 aliphatic carbocycles. The summed E-state index contributed by atoms with van der Waals surface area (Å²) in [6.45, 7) is 3.20. The lowest BCUT2D eigenvalue weighted by molar-refractivity contribution is 0.174. The molecule has 32 heavy (non-hydrogen) atoms. The Bertz CT molecular complexity index is 1230. The molecule has 0 fully saturated rings. The molecule has 0 bridgehead atoms. The summed E-state index contributed by atoms with van der Waals surface area (Å²) in [5.74, 6) is 3.18. The van der Waals surface area contributed by atoms with Crippen LogP contribution in [0, 0.1) is 0 Å². The molecule has 5 rings (SSSR count). The third kappa shape index (κ3) is 4.05. The van der Waals surface area contributed by atoms with Crippen molar-refractivity contribution in [3.63, 3.8) is 0 Å². The van der Waals surface area contributed by atoms with Crippen LogP contribution < -0.4 is 14.4 Å². The number of hydrogen-bond acceptors (Lipinski definition) is 8. The number of hydrogen-bond donors (Lipinski definition) is 0. The second-order valence-electron chi connectivity index (χ2n) is 7.49. The lowest BCUT2D eigenvalue weighted by Gasteiger charge is -2.13. The van der Waals surface area contributed by atoms with E-state index >= 15 is 0 Å². The van der Waals surface area contributed by atoms with E-state index in [1.807, 2.05) is 32.3 Å². The van der Waals surface area contributed by atoms with Crippen LogP contribution in [0.5, 0.6) is 11.5 Å². The molecule has 0 unspecified atom stereocenters. The van der Waals surface area contributed by atoms with Crippen molar-refractivity contribution in [3.05, 3.63) is 53.5 Å². The van der Waals surface area contributed by atoms with Crippen molar-refractivity contribution < 1.29 is 9.47 Å². The van der Waals surface area contributed by atoms with E-state index in [1.165, 1.54) is 0 Å². The van der Waals surface area contributed by atoms with Crippen LogP contribution in [0.3, 0.4) is 0 Å². The molecule has 0 spiro atoms. The number of rotatable bonds is 7. The van der Waals surface area contributed by atoms with E-state index in [-0.39, 0.29) is 6.79 Å². The maximum Gasteiger partial charge on any atom is 0.231 e. The standard InChI is InChI=1S/C23H23N5O2S2/c1-4-28-21(15-5-8-18(9-6-15)27(2)3)25-26-23(28)32-13-17-12-31-22(24-17)16-7-10-19-20(11-16)30-14-29-19/h5-12H,4,13-14H2,1-3H3. The van der Waals surface area contributed by atoms with Crippen LogP contribution in [-0.2, 0) is 12.3 Å². The summed E-state index contributed by atoms with van der Waals surface area (Å²) in [6.07, 6.45) is 0. The SMILES string of the molecule is CCn1c(SCc2csc(-c3ccc4c(c3)OCO4)n2)nnc1-c1ccc(N(C)C)cc1. The molecule has 0 saturated heterocycles. The number of anilines is 1. The van der Waals surface area contributed by atoms with E-state index < -0.39 is 0 Å². The normalized spacial score (nSPS) is 12.3. The molecule has 2 aromatic carbocycles. The van der Waals surface area contributed by atoms with Crippen molar-refractivity contribution in [2.45, 2.75) is 24.4 Å². The molecule has 7 nitrogen and oxygen atoms in total. The van der Waals surface area contributed by atoms with Crippen molar-refractivity contribution >= 4 is 28.8 Å².